The van der Waals surface area contributed by atoms with Crippen LogP contribution in [0.1, 0.15) is 39.2 Å². The number of nitrogens with one attached hydrogen (secondary N) is 2. The number of rotatable bonds is 9. The maximum absolute atomic E-state index is 5.19. The number of ether oxygens (including phenoxy) is 1. The second-order valence-corrected chi connectivity index (χ2v) is 6.53. The van der Waals surface area contributed by atoms with Crippen LogP contribution in [0.5, 0.6) is 5.75 Å². The SMILES string of the molecule is CCNC(=NCc1ccc(OC)cc1)NCCN(C(C)C)C1CC1.I. The van der Waals surface area contributed by atoms with Crippen molar-refractivity contribution in [2.45, 2.75) is 52.2 Å². The Morgan fingerprint density at radius 3 is 2.44 bits per heavy atom. The van der Waals surface area contributed by atoms with E-state index in [4.69, 9.17) is 4.74 Å². The van der Waals surface area contributed by atoms with Crippen LogP contribution in [0.4, 0.5) is 0 Å². The highest BCUT2D eigenvalue weighted by Crippen LogP contribution is 2.27. The van der Waals surface area contributed by atoms with Crippen molar-refractivity contribution < 1.29 is 4.74 Å². The van der Waals surface area contributed by atoms with Crippen LogP contribution in [-0.2, 0) is 6.54 Å². The van der Waals surface area contributed by atoms with Gasteiger partial charge in [-0.25, -0.2) is 4.99 Å². The monoisotopic (exact) mass is 460 g/mol. The molecule has 1 fully saturated rings. The molecule has 0 atom stereocenters. The Hall–Kier alpha value is -1.02. The Morgan fingerprint density at radius 1 is 1.24 bits per heavy atom. The molecule has 1 aliphatic rings. The summed E-state index contributed by atoms with van der Waals surface area (Å²) < 4.78 is 5.19. The number of methoxy groups -OCH3 is 1. The van der Waals surface area contributed by atoms with E-state index >= 15 is 0 Å². The highest BCUT2D eigenvalue weighted by atomic mass is 127. The van der Waals surface area contributed by atoms with Gasteiger partial charge in [-0.3, -0.25) is 4.90 Å². The minimum Gasteiger partial charge on any atom is -0.497 e. The molecule has 0 bridgehead atoms. The molecule has 0 spiro atoms. The molecule has 0 aliphatic heterocycles. The fourth-order valence-electron chi connectivity index (χ4n) is 2.82. The lowest BCUT2D eigenvalue weighted by Crippen LogP contribution is -2.43. The predicted molar refractivity (Wildman–Crippen MR) is 116 cm³/mol. The van der Waals surface area contributed by atoms with Crippen LogP contribution in [0.2, 0.25) is 0 Å². The summed E-state index contributed by atoms with van der Waals surface area (Å²) in [5, 5.41) is 6.77. The van der Waals surface area contributed by atoms with Gasteiger partial charge in [0.2, 0.25) is 0 Å². The second kappa shape index (κ2) is 11.6. The van der Waals surface area contributed by atoms with Crippen LogP contribution in [0.3, 0.4) is 0 Å². The molecule has 0 unspecified atom stereocenters. The maximum Gasteiger partial charge on any atom is 0.191 e. The van der Waals surface area contributed by atoms with E-state index in [1.165, 1.54) is 18.4 Å². The topological polar surface area (TPSA) is 48.9 Å². The Labute approximate surface area is 169 Å². The van der Waals surface area contributed by atoms with Crippen LogP contribution in [0.15, 0.2) is 29.3 Å². The molecule has 1 saturated carbocycles. The molecule has 2 rings (SSSR count). The largest absolute Gasteiger partial charge is 0.497 e. The Balaban J connectivity index is 0.00000312. The lowest BCUT2D eigenvalue weighted by atomic mass is 10.2. The Morgan fingerprint density at radius 2 is 1.92 bits per heavy atom. The number of guanidine groups is 1. The highest BCUT2D eigenvalue weighted by molar-refractivity contribution is 14.0. The maximum atomic E-state index is 5.19. The lowest BCUT2D eigenvalue weighted by Gasteiger charge is -2.26. The first-order valence-corrected chi connectivity index (χ1v) is 9.05. The van der Waals surface area contributed by atoms with E-state index in [0.29, 0.717) is 12.6 Å². The summed E-state index contributed by atoms with van der Waals surface area (Å²) in [5.41, 5.74) is 1.18. The summed E-state index contributed by atoms with van der Waals surface area (Å²) in [5.74, 6) is 1.76. The summed E-state index contributed by atoms with van der Waals surface area (Å²) in [6.45, 7) is 10.2. The Bertz CT molecular complexity index is 513. The highest BCUT2D eigenvalue weighted by Gasteiger charge is 2.30. The molecule has 1 aromatic rings. The summed E-state index contributed by atoms with van der Waals surface area (Å²) in [4.78, 5) is 7.26. The summed E-state index contributed by atoms with van der Waals surface area (Å²) in [6, 6.07) is 9.46. The summed E-state index contributed by atoms with van der Waals surface area (Å²) >= 11 is 0. The first kappa shape index (κ1) is 22.0. The molecule has 25 heavy (non-hydrogen) atoms. The molecule has 2 N–H and O–H groups in total. The van der Waals surface area contributed by atoms with E-state index in [0.717, 1.165) is 37.4 Å². The third-order valence-corrected chi connectivity index (χ3v) is 4.26. The summed E-state index contributed by atoms with van der Waals surface area (Å²) in [7, 11) is 1.68. The van der Waals surface area contributed by atoms with Crippen molar-refractivity contribution in [2.24, 2.45) is 4.99 Å². The van der Waals surface area contributed by atoms with Gasteiger partial charge in [0.1, 0.15) is 5.75 Å². The van der Waals surface area contributed by atoms with Gasteiger partial charge < -0.3 is 15.4 Å². The van der Waals surface area contributed by atoms with Gasteiger partial charge in [0.25, 0.3) is 0 Å². The van der Waals surface area contributed by atoms with Gasteiger partial charge in [-0.2, -0.15) is 0 Å². The number of aliphatic imine (C=N–C) groups is 1. The van der Waals surface area contributed by atoms with E-state index in [1.807, 2.05) is 12.1 Å². The van der Waals surface area contributed by atoms with E-state index in [2.05, 4.69) is 53.4 Å². The van der Waals surface area contributed by atoms with Crippen molar-refractivity contribution in [1.29, 1.82) is 0 Å². The fourth-order valence-corrected chi connectivity index (χ4v) is 2.82. The lowest BCUT2D eigenvalue weighted by molar-refractivity contribution is 0.215. The molecule has 0 radical (unpaired) electrons. The normalized spacial score (nSPS) is 14.4. The van der Waals surface area contributed by atoms with E-state index in [9.17, 15) is 0 Å². The quantitative estimate of drug-likeness (QED) is 0.338. The zero-order valence-electron chi connectivity index (χ0n) is 15.9. The van der Waals surface area contributed by atoms with Crippen LogP contribution in [0, 0.1) is 0 Å². The molecule has 0 heterocycles. The smallest absolute Gasteiger partial charge is 0.191 e. The van der Waals surface area contributed by atoms with Crippen molar-refractivity contribution in [1.82, 2.24) is 15.5 Å². The van der Waals surface area contributed by atoms with E-state index in [-0.39, 0.29) is 24.0 Å². The van der Waals surface area contributed by atoms with Crippen molar-refractivity contribution in [3.8, 4) is 5.75 Å². The van der Waals surface area contributed by atoms with Crippen LogP contribution in [0.25, 0.3) is 0 Å². The molecule has 1 aromatic carbocycles. The number of hydrogen-bond acceptors (Lipinski definition) is 3. The molecule has 0 saturated heterocycles. The molecular weight excluding hydrogens is 427 g/mol. The van der Waals surface area contributed by atoms with Gasteiger partial charge in [-0.05, 0) is 51.3 Å². The average molecular weight is 460 g/mol. The number of hydrogen-bond donors (Lipinski definition) is 2. The van der Waals surface area contributed by atoms with Gasteiger partial charge in [-0.15, -0.1) is 24.0 Å². The van der Waals surface area contributed by atoms with Gasteiger partial charge in [0, 0.05) is 31.7 Å². The minimum absolute atomic E-state index is 0. The van der Waals surface area contributed by atoms with Crippen molar-refractivity contribution in [3.63, 3.8) is 0 Å². The van der Waals surface area contributed by atoms with Crippen LogP contribution in [-0.4, -0.2) is 49.7 Å². The van der Waals surface area contributed by atoms with Gasteiger partial charge >= 0.3 is 0 Å². The minimum atomic E-state index is 0. The van der Waals surface area contributed by atoms with Gasteiger partial charge in [0.15, 0.2) is 5.96 Å². The number of halogens is 1. The first-order chi connectivity index (χ1) is 11.6. The Kier molecular flexibility index (Phi) is 10.2. The van der Waals surface area contributed by atoms with Gasteiger partial charge in [-0.1, -0.05) is 12.1 Å². The molecular formula is C19H33IN4O. The predicted octanol–water partition coefficient (Wildman–Crippen LogP) is 3.24. The van der Waals surface area contributed by atoms with Crippen molar-refractivity contribution in [3.05, 3.63) is 29.8 Å². The molecule has 0 amide bonds. The standard InChI is InChI=1S/C19H32N4O.HI/c1-5-20-19(21-12-13-23(15(2)3)17-8-9-17)22-14-16-6-10-18(24-4)11-7-16;/h6-7,10-11,15,17H,5,8-9,12-14H2,1-4H3,(H2,20,21,22);1H. The molecule has 5 nitrogen and oxygen atoms in total. The van der Waals surface area contributed by atoms with Gasteiger partial charge in [0.05, 0.1) is 13.7 Å². The van der Waals surface area contributed by atoms with E-state index < -0.39 is 0 Å². The number of nitrogens with zero attached hydrogens (tertiary/aromatic N) is 2. The molecule has 142 valence electrons. The molecule has 0 aromatic heterocycles. The summed E-state index contributed by atoms with van der Waals surface area (Å²) in [6.07, 6.45) is 2.70. The van der Waals surface area contributed by atoms with Crippen LogP contribution >= 0.6 is 24.0 Å². The molecule has 1 aliphatic carbocycles. The average Bonchev–Trinajstić information content (AvgIpc) is 3.41. The van der Waals surface area contributed by atoms with E-state index in [1.54, 1.807) is 7.11 Å². The zero-order valence-corrected chi connectivity index (χ0v) is 18.2. The van der Waals surface area contributed by atoms with Crippen LogP contribution < -0.4 is 15.4 Å². The number of benzene rings is 1. The third-order valence-electron chi connectivity index (χ3n) is 4.26. The molecule has 6 heteroatoms. The fraction of sp³-hybridized carbons (Fsp3) is 0.632. The third kappa shape index (κ3) is 7.81. The zero-order chi connectivity index (χ0) is 17.4. The second-order valence-electron chi connectivity index (χ2n) is 6.53. The van der Waals surface area contributed by atoms with Crippen molar-refractivity contribution in [2.75, 3.05) is 26.7 Å². The first-order valence-electron chi connectivity index (χ1n) is 9.05. The van der Waals surface area contributed by atoms with Crippen molar-refractivity contribution >= 4 is 29.9 Å².